The molecule has 0 N–H and O–H groups in total. The molecule has 4 heteroatoms. The Labute approximate surface area is 173 Å². The molecule has 0 aromatic heterocycles. The number of piperidine rings is 1. The van der Waals surface area contributed by atoms with Gasteiger partial charge in [-0.25, -0.2) is 4.79 Å². The van der Waals surface area contributed by atoms with E-state index in [1.54, 1.807) is 5.56 Å². The fraction of sp³-hybridized carbons (Fsp3) is 0.480. The van der Waals surface area contributed by atoms with Crippen LogP contribution in [0.5, 0.6) is 0 Å². The van der Waals surface area contributed by atoms with Gasteiger partial charge in [0, 0.05) is 37.3 Å². The van der Waals surface area contributed by atoms with Crippen molar-refractivity contribution in [1.29, 1.82) is 0 Å². The predicted octanol–water partition coefficient (Wildman–Crippen LogP) is 5.29. The standard InChI is InChI=1S/C25H30N2O2/c1-2-7-19-12-15-27-23-13-14-26(25(28)29-17-18-8-4-3-5-9-18)16-22(23)21-11-6-10-20(19)24(21)27/h3-6,8-11,19,22-23H,2,7,12-17H2,1H3. The Morgan fingerprint density at radius 1 is 1.03 bits per heavy atom. The summed E-state index contributed by atoms with van der Waals surface area (Å²) in [6.07, 6.45) is 4.62. The molecule has 0 spiro atoms. The smallest absolute Gasteiger partial charge is 0.410 e. The summed E-state index contributed by atoms with van der Waals surface area (Å²) >= 11 is 0. The Hall–Kier alpha value is -2.49. The Morgan fingerprint density at radius 2 is 1.86 bits per heavy atom. The first-order chi connectivity index (χ1) is 14.3. The molecule has 3 atom stereocenters. The molecule has 3 aliphatic rings. The van der Waals surface area contributed by atoms with Crippen molar-refractivity contribution in [2.45, 2.75) is 57.1 Å². The summed E-state index contributed by atoms with van der Waals surface area (Å²) in [5, 5.41) is 0. The quantitative estimate of drug-likeness (QED) is 0.711. The highest BCUT2D eigenvalue weighted by atomic mass is 16.6. The summed E-state index contributed by atoms with van der Waals surface area (Å²) in [7, 11) is 0. The van der Waals surface area contributed by atoms with E-state index in [-0.39, 0.29) is 6.09 Å². The van der Waals surface area contributed by atoms with Crippen LogP contribution in [0.2, 0.25) is 0 Å². The third-order valence-corrected chi connectivity index (χ3v) is 7.02. The van der Waals surface area contributed by atoms with Crippen LogP contribution in [-0.4, -0.2) is 36.7 Å². The van der Waals surface area contributed by atoms with Crippen molar-refractivity contribution in [1.82, 2.24) is 4.90 Å². The van der Waals surface area contributed by atoms with Crippen molar-refractivity contribution in [3.8, 4) is 0 Å². The number of ether oxygens (including phenoxy) is 1. The van der Waals surface area contributed by atoms with Gasteiger partial charge in [0.1, 0.15) is 6.61 Å². The molecular weight excluding hydrogens is 360 g/mol. The molecule has 0 radical (unpaired) electrons. The number of anilines is 1. The lowest BCUT2D eigenvalue weighted by Crippen LogP contribution is -2.49. The van der Waals surface area contributed by atoms with Crippen molar-refractivity contribution in [2.24, 2.45) is 0 Å². The van der Waals surface area contributed by atoms with Crippen LogP contribution in [0.15, 0.2) is 48.5 Å². The highest BCUT2D eigenvalue weighted by Crippen LogP contribution is 2.51. The van der Waals surface area contributed by atoms with Gasteiger partial charge in [-0.2, -0.15) is 0 Å². The molecule has 1 saturated heterocycles. The maximum atomic E-state index is 12.7. The monoisotopic (exact) mass is 390 g/mol. The second-order valence-electron chi connectivity index (χ2n) is 8.70. The molecular formula is C25H30N2O2. The molecule has 3 heterocycles. The lowest BCUT2D eigenvalue weighted by molar-refractivity contribution is 0.0836. The molecule has 1 amide bonds. The van der Waals surface area contributed by atoms with Crippen molar-refractivity contribution < 1.29 is 9.53 Å². The summed E-state index contributed by atoms with van der Waals surface area (Å²) in [4.78, 5) is 17.3. The lowest BCUT2D eigenvalue weighted by atomic mass is 9.85. The number of para-hydroxylation sites is 1. The minimum absolute atomic E-state index is 0.179. The van der Waals surface area contributed by atoms with Crippen molar-refractivity contribution >= 4 is 11.8 Å². The molecule has 1 fully saturated rings. The average Bonchev–Trinajstić information content (AvgIpc) is 3.09. The number of benzene rings is 2. The van der Waals surface area contributed by atoms with Crippen LogP contribution in [0.1, 0.15) is 61.1 Å². The summed E-state index contributed by atoms with van der Waals surface area (Å²) in [5.74, 6) is 1.10. The maximum absolute atomic E-state index is 12.7. The van der Waals surface area contributed by atoms with Gasteiger partial charge in [-0.05, 0) is 41.9 Å². The van der Waals surface area contributed by atoms with Crippen LogP contribution in [0.25, 0.3) is 0 Å². The molecule has 2 aromatic carbocycles. The molecule has 4 nitrogen and oxygen atoms in total. The average molecular weight is 391 g/mol. The summed E-state index contributed by atoms with van der Waals surface area (Å²) < 4.78 is 5.62. The number of carbonyl (C=O) groups is 1. The number of likely N-dealkylation sites (tertiary alicyclic amines) is 1. The lowest BCUT2D eigenvalue weighted by Gasteiger charge is -2.41. The molecule has 152 valence electrons. The summed E-state index contributed by atoms with van der Waals surface area (Å²) in [5.41, 5.74) is 5.52. The highest BCUT2D eigenvalue weighted by molar-refractivity contribution is 5.72. The number of nitrogens with zero attached hydrogens (tertiary/aromatic N) is 2. The van der Waals surface area contributed by atoms with Crippen LogP contribution in [0, 0.1) is 0 Å². The third kappa shape index (κ3) is 3.29. The van der Waals surface area contributed by atoms with Gasteiger partial charge in [-0.15, -0.1) is 0 Å². The SMILES string of the molecule is CCCC1CCN2c3c1cccc3C1CN(C(=O)OCc3ccccc3)CCC12. The van der Waals surface area contributed by atoms with E-state index in [1.807, 2.05) is 35.2 Å². The van der Waals surface area contributed by atoms with Gasteiger partial charge in [0.05, 0.1) is 0 Å². The number of hydrogen-bond donors (Lipinski definition) is 0. The number of carbonyl (C=O) groups excluding carboxylic acids is 1. The first kappa shape index (κ1) is 18.5. The Morgan fingerprint density at radius 3 is 2.69 bits per heavy atom. The first-order valence-electron chi connectivity index (χ1n) is 11.1. The topological polar surface area (TPSA) is 32.8 Å². The minimum Gasteiger partial charge on any atom is -0.445 e. The summed E-state index contributed by atoms with van der Waals surface area (Å²) in [6, 6.07) is 17.3. The van der Waals surface area contributed by atoms with Gasteiger partial charge in [0.25, 0.3) is 0 Å². The highest BCUT2D eigenvalue weighted by Gasteiger charge is 2.45. The van der Waals surface area contributed by atoms with E-state index in [2.05, 4.69) is 30.0 Å². The second kappa shape index (κ2) is 7.74. The fourth-order valence-electron chi connectivity index (χ4n) is 5.68. The van der Waals surface area contributed by atoms with Crippen LogP contribution in [-0.2, 0) is 11.3 Å². The van der Waals surface area contributed by atoms with Gasteiger partial charge >= 0.3 is 6.09 Å². The second-order valence-corrected chi connectivity index (χ2v) is 8.70. The minimum atomic E-state index is -0.179. The van der Waals surface area contributed by atoms with E-state index < -0.39 is 0 Å². The van der Waals surface area contributed by atoms with E-state index in [0.29, 0.717) is 24.5 Å². The van der Waals surface area contributed by atoms with Gasteiger partial charge in [0.2, 0.25) is 0 Å². The van der Waals surface area contributed by atoms with Crippen molar-refractivity contribution in [2.75, 3.05) is 24.5 Å². The molecule has 2 aromatic rings. The van der Waals surface area contributed by atoms with Gasteiger partial charge in [0.15, 0.2) is 0 Å². The van der Waals surface area contributed by atoms with Gasteiger partial charge in [-0.1, -0.05) is 61.9 Å². The molecule has 3 aliphatic heterocycles. The normalized spacial score (nSPS) is 24.8. The molecule has 3 unspecified atom stereocenters. The number of amides is 1. The fourth-order valence-corrected chi connectivity index (χ4v) is 5.68. The zero-order chi connectivity index (χ0) is 19.8. The Bertz CT molecular complexity index is 882. The van der Waals surface area contributed by atoms with Crippen molar-refractivity contribution in [3.63, 3.8) is 0 Å². The largest absolute Gasteiger partial charge is 0.445 e. The zero-order valence-corrected chi connectivity index (χ0v) is 17.2. The van der Waals surface area contributed by atoms with Gasteiger partial charge < -0.3 is 14.5 Å². The molecule has 0 aliphatic carbocycles. The van der Waals surface area contributed by atoms with Crippen LogP contribution >= 0.6 is 0 Å². The van der Waals surface area contributed by atoms with E-state index in [1.165, 1.54) is 30.5 Å². The predicted molar refractivity (Wildman–Crippen MR) is 115 cm³/mol. The van der Waals surface area contributed by atoms with Crippen LogP contribution in [0.3, 0.4) is 0 Å². The molecule has 0 saturated carbocycles. The van der Waals surface area contributed by atoms with Crippen LogP contribution in [0.4, 0.5) is 10.5 Å². The molecule has 5 rings (SSSR count). The Balaban J connectivity index is 1.32. The van der Waals surface area contributed by atoms with Crippen LogP contribution < -0.4 is 4.90 Å². The molecule has 0 bridgehead atoms. The summed E-state index contributed by atoms with van der Waals surface area (Å²) in [6.45, 7) is 5.34. The first-order valence-corrected chi connectivity index (χ1v) is 11.1. The van der Waals surface area contributed by atoms with Gasteiger partial charge in [-0.3, -0.25) is 0 Å². The Kier molecular flexibility index (Phi) is 4.94. The zero-order valence-electron chi connectivity index (χ0n) is 17.2. The van der Waals surface area contributed by atoms with Crippen molar-refractivity contribution in [3.05, 3.63) is 65.2 Å². The number of hydrogen-bond acceptors (Lipinski definition) is 3. The van der Waals surface area contributed by atoms with E-state index >= 15 is 0 Å². The van der Waals surface area contributed by atoms with E-state index in [4.69, 9.17) is 4.74 Å². The maximum Gasteiger partial charge on any atom is 0.410 e. The molecule has 29 heavy (non-hydrogen) atoms. The van der Waals surface area contributed by atoms with E-state index in [9.17, 15) is 4.79 Å². The van der Waals surface area contributed by atoms with E-state index in [0.717, 1.165) is 31.6 Å². The number of fused-ring (bicyclic) bond motifs is 3. The number of rotatable bonds is 4. The third-order valence-electron chi connectivity index (χ3n) is 7.02.